The lowest BCUT2D eigenvalue weighted by Crippen LogP contribution is -2.30. The number of ether oxygens (including phenoxy) is 2. The second kappa shape index (κ2) is 5.69. The van der Waals surface area contributed by atoms with E-state index < -0.39 is 24.1 Å². The lowest BCUT2D eigenvalue weighted by Gasteiger charge is -2.14. The highest BCUT2D eigenvalue weighted by Crippen LogP contribution is 2.19. The van der Waals surface area contributed by atoms with E-state index in [2.05, 4.69) is 0 Å². The maximum atomic E-state index is 11.4. The van der Waals surface area contributed by atoms with Gasteiger partial charge in [0.25, 0.3) is 0 Å². The molecule has 1 aliphatic heterocycles. The molecule has 0 spiro atoms. The van der Waals surface area contributed by atoms with Gasteiger partial charge in [-0.15, -0.1) is 0 Å². The molecule has 2 unspecified atom stereocenters. The van der Waals surface area contributed by atoms with Crippen molar-refractivity contribution < 1.29 is 24.2 Å². The van der Waals surface area contributed by atoms with Crippen LogP contribution >= 0.6 is 0 Å². The van der Waals surface area contributed by atoms with Gasteiger partial charge in [0, 0.05) is 6.54 Å². The summed E-state index contributed by atoms with van der Waals surface area (Å²) in [5.41, 5.74) is 0. The van der Waals surface area contributed by atoms with Crippen molar-refractivity contribution in [2.75, 3.05) is 26.3 Å². The van der Waals surface area contributed by atoms with Crippen LogP contribution in [0.15, 0.2) is 0 Å². The van der Waals surface area contributed by atoms with E-state index >= 15 is 0 Å². The maximum Gasteiger partial charge on any atom is 0.409 e. The van der Waals surface area contributed by atoms with E-state index in [1.165, 1.54) is 4.90 Å². The third-order valence-corrected chi connectivity index (χ3v) is 2.40. The Hall–Kier alpha value is -1.30. The van der Waals surface area contributed by atoms with Crippen LogP contribution in [0.25, 0.3) is 0 Å². The largest absolute Gasteiger partial charge is 0.466 e. The lowest BCUT2D eigenvalue weighted by atomic mass is 10.1. The first-order valence-corrected chi connectivity index (χ1v) is 5.36. The molecule has 1 aliphatic rings. The fourth-order valence-electron chi connectivity index (χ4n) is 1.63. The molecular weight excluding hydrogens is 214 g/mol. The molecule has 1 rings (SSSR count). The van der Waals surface area contributed by atoms with Crippen LogP contribution in [0.3, 0.4) is 0 Å². The second-order valence-corrected chi connectivity index (χ2v) is 3.53. The van der Waals surface area contributed by atoms with Gasteiger partial charge in [0.2, 0.25) is 0 Å². The fraction of sp³-hybridized carbons (Fsp3) is 0.800. The predicted molar refractivity (Wildman–Crippen MR) is 54.7 cm³/mol. The molecule has 1 saturated heterocycles. The smallest absolute Gasteiger partial charge is 0.409 e. The van der Waals surface area contributed by atoms with Gasteiger partial charge in [-0.2, -0.15) is 0 Å². The molecule has 0 aliphatic carbocycles. The van der Waals surface area contributed by atoms with Crippen LogP contribution in [0.5, 0.6) is 0 Å². The van der Waals surface area contributed by atoms with Gasteiger partial charge in [-0.25, -0.2) is 4.79 Å². The molecule has 0 aromatic rings. The van der Waals surface area contributed by atoms with Gasteiger partial charge in [-0.05, 0) is 13.8 Å². The van der Waals surface area contributed by atoms with Crippen LogP contribution < -0.4 is 0 Å². The summed E-state index contributed by atoms with van der Waals surface area (Å²) >= 11 is 0. The van der Waals surface area contributed by atoms with Crippen molar-refractivity contribution >= 4 is 12.1 Å². The summed E-state index contributed by atoms with van der Waals surface area (Å²) < 4.78 is 9.59. The maximum absolute atomic E-state index is 11.4. The number of β-amino-alcohol motifs (C(OH)–C–C–N with tert-alkyl or cyclic N) is 1. The highest BCUT2D eigenvalue weighted by molar-refractivity contribution is 5.76. The molecule has 0 aromatic carbocycles. The average molecular weight is 231 g/mol. The zero-order valence-corrected chi connectivity index (χ0v) is 9.51. The Morgan fingerprint density at radius 3 is 2.44 bits per heavy atom. The molecule has 1 amide bonds. The number of esters is 1. The molecule has 0 radical (unpaired) electrons. The van der Waals surface area contributed by atoms with Crippen LogP contribution in [-0.2, 0) is 14.3 Å². The highest BCUT2D eigenvalue weighted by Gasteiger charge is 2.40. The van der Waals surface area contributed by atoms with Crippen molar-refractivity contribution in [1.29, 1.82) is 0 Å². The highest BCUT2D eigenvalue weighted by atomic mass is 16.6. The summed E-state index contributed by atoms with van der Waals surface area (Å²) in [6.45, 7) is 4.20. The van der Waals surface area contributed by atoms with Crippen LogP contribution in [0.2, 0.25) is 0 Å². The van der Waals surface area contributed by atoms with Gasteiger partial charge >= 0.3 is 12.1 Å². The summed E-state index contributed by atoms with van der Waals surface area (Å²) in [7, 11) is 0. The Balaban J connectivity index is 2.53. The first-order valence-electron chi connectivity index (χ1n) is 5.36. The van der Waals surface area contributed by atoms with Gasteiger partial charge in [0.05, 0.1) is 25.9 Å². The van der Waals surface area contributed by atoms with Crippen LogP contribution in [0.4, 0.5) is 4.79 Å². The SMILES string of the molecule is CCOC(=O)C1CN(C(=O)OCC)CC1O. The Kier molecular flexibility index (Phi) is 4.54. The zero-order chi connectivity index (χ0) is 12.1. The Morgan fingerprint density at radius 2 is 1.88 bits per heavy atom. The van der Waals surface area contributed by atoms with Crippen molar-refractivity contribution in [2.24, 2.45) is 5.92 Å². The van der Waals surface area contributed by atoms with Gasteiger partial charge in [-0.3, -0.25) is 4.79 Å². The Labute approximate surface area is 94.1 Å². The van der Waals surface area contributed by atoms with Crippen molar-refractivity contribution in [2.45, 2.75) is 20.0 Å². The fourth-order valence-corrected chi connectivity index (χ4v) is 1.63. The molecule has 1 N–H and O–H groups in total. The van der Waals surface area contributed by atoms with Crippen molar-refractivity contribution in [1.82, 2.24) is 4.90 Å². The van der Waals surface area contributed by atoms with Gasteiger partial charge < -0.3 is 19.5 Å². The first-order chi connectivity index (χ1) is 7.60. The van der Waals surface area contributed by atoms with Crippen LogP contribution in [0.1, 0.15) is 13.8 Å². The number of aliphatic hydroxyl groups is 1. The van der Waals surface area contributed by atoms with Gasteiger partial charge in [0.15, 0.2) is 0 Å². The molecule has 0 bridgehead atoms. The number of nitrogens with zero attached hydrogens (tertiary/aromatic N) is 1. The van der Waals surface area contributed by atoms with Gasteiger partial charge in [-0.1, -0.05) is 0 Å². The minimum Gasteiger partial charge on any atom is -0.466 e. The van der Waals surface area contributed by atoms with E-state index in [4.69, 9.17) is 9.47 Å². The quantitative estimate of drug-likeness (QED) is 0.692. The summed E-state index contributed by atoms with van der Waals surface area (Å²) in [6.07, 6.45) is -1.38. The Morgan fingerprint density at radius 1 is 1.25 bits per heavy atom. The first kappa shape index (κ1) is 12.8. The lowest BCUT2D eigenvalue weighted by molar-refractivity contribution is -0.150. The number of hydrogen-bond acceptors (Lipinski definition) is 5. The van der Waals surface area contributed by atoms with E-state index in [1.54, 1.807) is 13.8 Å². The van der Waals surface area contributed by atoms with Crippen molar-refractivity contribution in [3.05, 3.63) is 0 Å². The van der Waals surface area contributed by atoms with E-state index in [0.29, 0.717) is 0 Å². The standard InChI is InChI=1S/C10H17NO5/c1-3-15-9(13)7-5-11(6-8(7)12)10(14)16-4-2/h7-8,12H,3-6H2,1-2H3. The van der Waals surface area contributed by atoms with E-state index in [0.717, 1.165) is 0 Å². The molecule has 16 heavy (non-hydrogen) atoms. The minimum absolute atomic E-state index is 0.113. The van der Waals surface area contributed by atoms with E-state index in [9.17, 15) is 14.7 Å². The average Bonchev–Trinajstić information content (AvgIpc) is 2.61. The zero-order valence-electron chi connectivity index (χ0n) is 9.51. The van der Waals surface area contributed by atoms with Crippen molar-refractivity contribution in [3.63, 3.8) is 0 Å². The third-order valence-electron chi connectivity index (χ3n) is 2.40. The van der Waals surface area contributed by atoms with Gasteiger partial charge in [0.1, 0.15) is 5.92 Å². The Bertz CT molecular complexity index is 268. The molecule has 92 valence electrons. The molecule has 0 aromatic heterocycles. The molecular formula is C10H17NO5. The van der Waals surface area contributed by atoms with Crippen LogP contribution in [-0.4, -0.2) is 54.5 Å². The molecule has 6 heteroatoms. The third kappa shape index (κ3) is 2.85. The van der Waals surface area contributed by atoms with Crippen molar-refractivity contribution in [3.8, 4) is 0 Å². The summed E-state index contributed by atoms with van der Waals surface area (Å²) in [6, 6.07) is 0. The number of carbonyl (C=O) groups excluding carboxylic acids is 2. The number of amides is 1. The normalized spacial score (nSPS) is 24.3. The number of rotatable bonds is 3. The molecule has 2 atom stereocenters. The number of carbonyl (C=O) groups is 2. The molecule has 0 saturated carbocycles. The number of hydrogen-bond donors (Lipinski definition) is 1. The van der Waals surface area contributed by atoms with E-state index in [1.807, 2.05) is 0 Å². The molecule has 6 nitrogen and oxygen atoms in total. The monoisotopic (exact) mass is 231 g/mol. The molecule has 1 fully saturated rings. The predicted octanol–water partition coefficient (Wildman–Crippen LogP) is -0.00130. The summed E-state index contributed by atoms with van der Waals surface area (Å²) in [5.74, 6) is -1.13. The topological polar surface area (TPSA) is 76.1 Å². The van der Waals surface area contributed by atoms with Crippen LogP contribution in [0, 0.1) is 5.92 Å². The number of likely N-dealkylation sites (tertiary alicyclic amines) is 1. The minimum atomic E-state index is -0.872. The van der Waals surface area contributed by atoms with E-state index in [-0.39, 0.29) is 26.3 Å². The molecule has 1 heterocycles. The summed E-state index contributed by atoms with van der Waals surface area (Å²) in [4.78, 5) is 24.1. The number of aliphatic hydroxyl groups excluding tert-OH is 1. The second-order valence-electron chi connectivity index (χ2n) is 3.53. The summed E-state index contributed by atoms with van der Waals surface area (Å²) in [5, 5.41) is 9.62.